The zero-order valence-corrected chi connectivity index (χ0v) is 10.3. The van der Waals surface area contributed by atoms with Gasteiger partial charge in [-0.2, -0.15) is 0 Å². The van der Waals surface area contributed by atoms with Gasteiger partial charge < -0.3 is 4.74 Å². The first kappa shape index (κ1) is 10.4. The highest BCUT2D eigenvalue weighted by molar-refractivity contribution is 9.12. The quantitative estimate of drug-likeness (QED) is 0.620. The SMILES string of the molecule is COC(C)NC1C2=C(Br)[C@@H]2C=C[C@H]1C. The van der Waals surface area contributed by atoms with E-state index in [4.69, 9.17) is 4.74 Å². The molecule has 2 aliphatic carbocycles. The van der Waals surface area contributed by atoms with E-state index >= 15 is 0 Å². The summed E-state index contributed by atoms with van der Waals surface area (Å²) in [6, 6.07) is 0.439. The first-order valence-electron chi connectivity index (χ1n) is 5.01. The summed E-state index contributed by atoms with van der Waals surface area (Å²) in [5.41, 5.74) is 1.50. The van der Waals surface area contributed by atoms with E-state index in [2.05, 4.69) is 40.3 Å². The number of halogens is 1. The number of ether oxygens (including phenoxy) is 1. The van der Waals surface area contributed by atoms with Gasteiger partial charge in [0.05, 0.1) is 0 Å². The van der Waals surface area contributed by atoms with Crippen molar-refractivity contribution in [1.29, 1.82) is 0 Å². The van der Waals surface area contributed by atoms with Gasteiger partial charge in [0.2, 0.25) is 0 Å². The fraction of sp³-hybridized carbons (Fsp3) is 0.636. The van der Waals surface area contributed by atoms with Gasteiger partial charge in [0, 0.05) is 23.6 Å². The van der Waals surface area contributed by atoms with E-state index < -0.39 is 0 Å². The highest BCUT2D eigenvalue weighted by Gasteiger charge is 2.42. The first-order valence-corrected chi connectivity index (χ1v) is 5.81. The molecule has 1 N–H and O–H groups in total. The van der Waals surface area contributed by atoms with Crippen molar-refractivity contribution in [3.8, 4) is 0 Å². The van der Waals surface area contributed by atoms with Crippen LogP contribution in [0, 0.1) is 11.8 Å². The van der Waals surface area contributed by atoms with E-state index in [1.54, 1.807) is 7.11 Å². The molecule has 0 radical (unpaired) electrons. The number of nitrogens with one attached hydrogen (secondary N) is 1. The van der Waals surface area contributed by atoms with Crippen molar-refractivity contribution in [3.05, 3.63) is 22.2 Å². The molecule has 0 aromatic carbocycles. The van der Waals surface area contributed by atoms with E-state index in [1.807, 2.05) is 6.92 Å². The molecule has 0 fully saturated rings. The van der Waals surface area contributed by atoms with Crippen LogP contribution in [-0.2, 0) is 4.74 Å². The molecule has 0 bridgehead atoms. The van der Waals surface area contributed by atoms with Gasteiger partial charge in [-0.15, -0.1) is 0 Å². The summed E-state index contributed by atoms with van der Waals surface area (Å²) in [6.45, 7) is 4.27. The zero-order valence-electron chi connectivity index (χ0n) is 8.75. The molecule has 2 aliphatic rings. The molecular weight excluding hydrogens is 242 g/mol. The van der Waals surface area contributed by atoms with Crippen molar-refractivity contribution in [2.24, 2.45) is 11.8 Å². The molecule has 0 heterocycles. The summed E-state index contributed by atoms with van der Waals surface area (Å²) in [6.07, 6.45) is 4.67. The first-order chi connectivity index (χ1) is 6.65. The molecule has 0 amide bonds. The third-order valence-electron chi connectivity index (χ3n) is 3.04. The van der Waals surface area contributed by atoms with Gasteiger partial charge in [0.15, 0.2) is 0 Å². The summed E-state index contributed by atoms with van der Waals surface area (Å²) in [5.74, 6) is 1.13. The summed E-state index contributed by atoms with van der Waals surface area (Å²) in [7, 11) is 1.73. The van der Waals surface area contributed by atoms with E-state index in [9.17, 15) is 0 Å². The van der Waals surface area contributed by atoms with Crippen molar-refractivity contribution in [2.45, 2.75) is 26.1 Å². The Morgan fingerprint density at radius 2 is 2.21 bits per heavy atom. The number of rotatable bonds is 3. The van der Waals surface area contributed by atoms with Crippen LogP contribution < -0.4 is 5.32 Å². The summed E-state index contributed by atoms with van der Waals surface area (Å²) in [4.78, 5) is 0. The van der Waals surface area contributed by atoms with Crippen molar-refractivity contribution in [1.82, 2.24) is 5.32 Å². The fourth-order valence-corrected chi connectivity index (χ4v) is 2.78. The van der Waals surface area contributed by atoms with Gasteiger partial charge in [-0.25, -0.2) is 0 Å². The number of hydrogen-bond acceptors (Lipinski definition) is 2. The number of methoxy groups -OCH3 is 1. The molecule has 0 aliphatic heterocycles. The maximum atomic E-state index is 5.23. The molecule has 0 spiro atoms. The highest BCUT2D eigenvalue weighted by Crippen LogP contribution is 2.51. The van der Waals surface area contributed by atoms with Crippen LogP contribution in [0.5, 0.6) is 0 Å². The predicted octanol–water partition coefficient (Wildman–Crippen LogP) is 2.42. The second kappa shape index (κ2) is 3.80. The van der Waals surface area contributed by atoms with Crippen LogP contribution >= 0.6 is 15.9 Å². The van der Waals surface area contributed by atoms with Crippen molar-refractivity contribution in [2.75, 3.05) is 7.11 Å². The minimum Gasteiger partial charge on any atom is -0.367 e. The van der Waals surface area contributed by atoms with E-state index in [1.165, 1.54) is 10.1 Å². The third kappa shape index (κ3) is 1.69. The van der Waals surface area contributed by atoms with Gasteiger partial charge in [-0.3, -0.25) is 5.32 Å². The van der Waals surface area contributed by atoms with Crippen LogP contribution in [0.3, 0.4) is 0 Å². The molecule has 2 unspecified atom stereocenters. The highest BCUT2D eigenvalue weighted by atomic mass is 79.9. The molecule has 14 heavy (non-hydrogen) atoms. The van der Waals surface area contributed by atoms with Crippen LogP contribution in [-0.4, -0.2) is 19.4 Å². The predicted molar refractivity (Wildman–Crippen MR) is 61.1 cm³/mol. The molecule has 0 saturated carbocycles. The maximum Gasteiger partial charge on any atom is 0.105 e. The van der Waals surface area contributed by atoms with Crippen LogP contribution in [0.1, 0.15) is 13.8 Å². The maximum absolute atomic E-state index is 5.23. The average Bonchev–Trinajstić information content (AvgIpc) is 2.82. The summed E-state index contributed by atoms with van der Waals surface area (Å²) < 4.78 is 6.59. The van der Waals surface area contributed by atoms with E-state index in [0.29, 0.717) is 17.9 Å². The lowest BCUT2D eigenvalue weighted by atomic mass is 9.92. The Kier molecular flexibility index (Phi) is 2.82. The van der Waals surface area contributed by atoms with Gasteiger partial charge in [-0.1, -0.05) is 35.0 Å². The summed E-state index contributed by atoms with van der Waals surface area (Å²) >= 11 is 3.60. The minimum absolute atomic E-state index is 0.114. The lowest BCUT2D eigenvalue weighted by molar-refractivity contribution is 0.0780. The van der Waals surface area contributed by atoms with Crippen molar-refractivity contribution < 1.29 is 4.74 Å². The largest absolute Gasteiger partial charge is 0.367 e. The van der Waals surface area contributed by atoms with Crippen LogP contribution in [0.4, 0.5) is 0 Å². The lowest BCUT2D eigenvalue weighted by Gasteiger charge is -2.27. The van der Waals surface area contributed by atoms with Crippen LogP contribution in [0.25, 0.3) is 0 Å². The summed E-state index contributed by atoms with van der Waals surface area (Å²) in [5, 5.41) is 3.48. The second-order valence-corrected chi connectivity index (χ2v) is 4.90. The van der Waals surface area contributed by atoms with Crippen LogP contribution in [0.2, 0.25) is 0 Å². The van der Waals surface area contributed by atoms with Gasteiger partial charge in [0.1, 0.15) is 6.23 Å². The molecule has 3 heteroatoms. The molecule has 0 aromatic heterocycles. The molecule has 4 atom stereocenters. The van der Waals surface area contributed by atoms with Crippen molar-refractivity contribution >= 4 is 15.9 Å². The Labute approximate surface area is 93.5 Å². The minimum atomic E-state index is 0.114. The zero-order chi connectivity index (χ0) is 10.3. The Morgan fingerprint density at radius 1 is 1.50 bits per heavy atom. The Balaban J connectivity index is 2.06. The Morgan fingerprint density at radius 3 is 2.86 bits per heavy atom. The average molecular weight is 258 g/mol. The molecule has 0 saturated heterocycles. The normalized spacial score (nSPS) is 37.0. The Hall–Kier alpha value is -0.120. The second-order valence-electron chi connectivity index (χ2n) is 4.05. The number of hydrogen-bond donors (Lipinski definition) is 1. The van der Waals surface area contributed by atoms with E-state index in [-0.39, 0.29) is 6.23 Å². The lowest BCUT2D eigenvalue weighted by Crippen LogP contribution is -2.42. The smallest absolute Gasteiger partial charge is 0.105 e. The van der Waals surface area contributed by atoms with Gasteiger partial charge in [-0.05, 0) is 18.4 Å². The van der Waals surface area contributed by atoms with E-state index in [0.717, 1.165) is 0 Å². The molecular formula is C11H16BrNO. The Bertz CT molecular complexity index is 298. The van der Waals surface area contributed by atoms with Gasteiger partial charge in [0.25, 0.3) is 0 Å². The molecule has 2 rings (SSSR count). The monoisotopic (exact) mass is 257 g/mol. The molecule has 2 nitrogen and oxygen atoms in total. The number of fused-ring (bicyclic) bond motifs is 1. The fourth-order valence-electron chi connectivity index (χ4n) is 2.00. The standard InChI is InChI=1S/C11H16BrNO/c1-6-4-5-8-9(10(8)12)11(6)13-7(2)14-3/h4-8,11,13H,1-3H3/t6-,7?,8-,11?/m1/s1. The number of allylic oxidation sites excluding steroid dienone is 2. The van der Waals surface area contributed by atoms with Gasteiger partial charge >= 0.3 is 0 Å². The van der Waals surface area contributed by atoms with Crippen molar-refractivity contribution in [3.63, 3.8) is 0 Å². The third-order valence-corrected chi connectivity index (χ3v) is 3.99. The molecule has 78 valence electrons. The molecule has 0 aromatic rings. The van der Waals surface area contributed by atoms with Crippen LogP contribution in [0.15, 0.2) is 22.2 Å². The topological polar surface area (TPSA) is 21.3 Å².